The number of allylic oxidation sites excluding steroid dienone is 1. The zero-order chi connectivity index (χ0) is 8.48. The van der Waals surface area contributed by atoms with Crippen LogP contribution in [-0.4, -0.2) is 23.8 Å². The summed E-state index contributed by atoms with van der Waals surface area (Å²) in [5, 5.41) is 10.5. The van der Waals surface area contributed by atoms with E-state index in [4.69, 9.17) is 5.11 Å². The Morgan fingerprint density at radius 2 is 2.18 bits per heavy atom. The van der Waals surface area contributed by atoms with Crippen molar-refractivity contribution in [2.45, 2.75) is 12.4 Å². The van der Waals surface area contributed by atoms with Gasteiger partial charge in [0.1, 0.15) is 5.70 Å². The van der Waals surface area contributed by atoms with Crippen molar-refractivity contribution in [3.05, 3.63) is 11.8 Å². The molecule has 2 N–H and O–H groups in total. The molecule has 0 amide bonds. The van der Waals surface area contributed by atoms with Gasteiger partial charge in [0.05, 0.1) is 6.34 Å². The average molecular weight is 166 g/mol. The maximum absolute atomic E-state index is 11.8. The van der Waals surface area contributed by atoms with E-state index >= 15 is 0 Å². The zero-order valence-electron chi connectivity index (χ0n) is 5.26. The van der Waals surface area contributed by atoms with Gasteiger partial charge in [0.25, 0.3) is 0 Å². The molecule has 6 heteroatoms. The molecule has 0 aromatic rings. The van der Waals surface area contributed by atoms with Crippen LogP contribution in [0.1, 0.15) is 0 Å². The molecule has 0 fully saturated rings. The number of hydrogen-bond donors (Lipinski definition) is 2. The number of nitrogens with one attached hydrogen (secondary N) is 1. The van der Waals surface area contributed by atoms with E-state index in [1.807, 2.05) is 5.32 Å². The topological polar surface area (TPSA) is 44.6 Å². The molecular formula is C5H5F3N2O. The van der Waals surface area contributed by atoms with Gasteiger partial charge in [-0.3, -0.25) is 0 Å². The molecule has 1 aliphatic heterocycles. The molecule has 3 nitrogen and oxygen atoms in total. The Kier molecular flexibility index (Phi) is 1.86. The van der Waals surface area contributed by atoms with Crippen molar-refractivity contribution in [1.29, 1.82) is 0 Å². The van der Waals surface area contributed by atoms with Gasteiger partial charge in [0.15, 0.2) is 6.23 Å². The lowest BCUT2D eigenvalue weighted by Crippen LogP contribution is -2.30. The second-order valence-corrected chi connectivity index (χ2v) is 1.91. The normalized spacial score (nSPS) is 24.4. The first-order valence-corrected chi connectivity index (χ1v) is 2.75. The van der Waals surface area contributed by atoms with Crippen LogP contribution in [0.4, 0.5) is 13.2 Å². The molecule has 0 aromatic carbocycles. The van der Waals surface area contributed by atoms with Gasteiger partial charge in [-0.05, 0) is 6.08 Å². The van der Waals surface area contributed by atoms with E-state index in [0.29, 0.717) is 6.08 Å². The molecule has 0 bridgehead atoms. The van der Waals surface area contributed by atoms with Gasteiger partial charge < -0.3 is 10.4 Å². The number of aliphatic imine (C=N–C) groups is 1. The predicted octanol–water partition coefficient (Wildman–Crippen LogP) is 0.382. The summed E-state index contributed by atoms with van der Waals surface area (Å²) in [4.78, 5) is 3.24. The molecule has 1 aliphatic rings. The van der Waals surface area contributed by atoms with Crippen LogP contribution in [0.25, 0.3) is 0 Å². The van der Waals surface area contributed by atoms with Gasteiger partial charge in [-0.2, -0.15) is 13.2 Å². The number of hydrogen-bond acceptors (Lipinski definition) is 3. The first kappa shape index (κ1) is 8.06. The van der Waals surface area contributed by atoms with Crippen molar-refractivity contribution in [2.75, 3.05) is 0 Å². The Labute approximate surface area is 60.2 Å². The smallest absolute Gasteiger partial charge is 0.368 e. The standard InChI is InChI=1S/C5H5F3N2O/c6-5(7,8)3-1-4(11)10-2-9-3/h1-2,4,11H,(H,9,10). The highest BCUT2D eigenvalue weighted by molar-refractivity contribution is 5.60. The summed E-state index contributed by atoms with van der Waals surface area (Å²) in [5.74, 6) is 0. The number of aliphatic hydroxyl groups excluding tert-OH is 1. The fourth-order valence-corrected chi connectivity index (χ4v) is 0.600. The molecule has 0 aromatic heterocycles. The summed E-state index contributed by atoms with van der Waals surface area (Å²) in [6, 6.07) is 0. The van der Waals surface area contributed by atoms with E-state index < -0.39 is 18.1 Å². The summed E-state index contributed by atoms with van der Waals surface area (Å²) in [6.45, 7) is 0. The largest absolute Gasteiger partial charge is 0.431 e. The molecule has 1 rings (SSSR count). The van der Waals surface area contributed by atoms with Crippen LogP contribution in [0.5, 0.6) is 0 Å². The van der Waals surface area contributed by atoms with Crippen LogP contribution in [0, 0.1) is 0 Å². The molecule has 0 saturated carbocycles. The molecule has 0 aliphatic carbocycles. The highest BCUT2D eigenvalue weighted by atomic mass is 19.4. The SMILES string of the molecule is OC1C=C(C(F)(F)F)NC=N1. The van der Waals surface area contributed by atoms with Gasteiger partial charge in [-0.1, -0.05) is 0 Å². The highest BCUT2D eigenvalue weighted by Gasteiger charge is 2.34. The van der Waals surface area contributed by atoms with E-state index in [2.05, 4.69) is 4.99 Å². The van der Waals surface area contributed by atoms with Gasteiger partial charge in [-0.25, -0.2) is 4.99 Å². The van der Waals surface area contributed by atoms with Crippen molar-refractivity contribution in [2.24, 2.45) is 4.99 Å². The summed E-state index contributed by atoms with van der Waals surface area (Å²) >= 11 is 0. The summed E-state index contributed by atoms with van der Waals surface area (Å²) < 4.78 is 35.4. The van der Waals surface area contributed by atoms with Gasteiger partial charge in [0, 0.05) is 0 Å². The van der Waals surface area contributed by atoms with Gasteiger partial charge in [-0.15, -0.1) is 0 Å². The maximum atomic E-state index is 11.8. The van der Waals surface area contributed by atoms with Crippen molar-refractivity contribution >= 4 is 6.34 Å². The van der Waals surface area contributed by atoms with Crippen LogP contribution < -0.4 is 5.32 Å². The number of aliphatic hydroxyl groups is 1. The second-order valence-electron chi connectivity index (χ2n) is 1.91. The monoisotopic (exact) mass is 166 g/mol. The van der Waals surface area contributed by atoms with E-state index in [0.717, 1.165) is 6.34 Å². The fraction of sp³-hybridized carbons (Fsp3) is 0.400. The molecule has 62 valence electrons. The molecule has 11 heavy (non-hydrogen) atoms. The highest BCUT2D eigenvalue weighted by Crippen LogP contribution is 2.24. The molecule has 1 atom stereocenters. The quantitative estimate of drug-likeness (QED) is 0.546. The Balaban J connectivity index is 2.75. The van der Waals surface area contributed by atoms with Crippen LogP contribution in [0.15, 0.2) is 16.8 Å². The van der Waals surface area contributed by atoms with Crippen molar-refractivity contribution in [3.8, 4) is 0 Å². The molecular weight excluding hydrogens is 161 g/mol. The zero-order valence-corrected chi connectivity index (χ0v) is 5.26. The Bertz CT molecular complexity index is 208. The minimum atomic E-state index is -4.45. The molecule has 1 heterocycles. The second kappa shape index (κ2) is 2.54. The van der Waals surface area contributed by atoms with Crippen molar-refractivity contribution in [3.63, 3.8) is 0 Å². The number of halogens is 3. The number of rotatable bonds is 0. The third kappa shape index (κ3) is 1.94. The average Bonchev–Trinajstić information content (AvgIpc) is 1.86. The summed E-state index contributed by atoms with van der Waals surface area (Å²) in [5.41, 5.74) is -0.986. The van der Waals surface area contributed by atoms with Crippen molar-refractivity contribution < 1.29 is 18.3 Å². The Morgan fingerprint density at radius 3 is 2.55 bits per heavy atom. The van der Waals surface area contributed by atoms with E-state index in [1.165, 1.54) is 0 Å². The Hall–Kier alpha value is -1.04. The summed E-state index contributed by atoms with van der Waals surface area (Å²) in [7, 11) is 0. The lowest BCUT2D eigenvalue weighted by molar-refractivity contribution is -0.0960. The first-order chi connectivity index (χ1) is 5.00. The van der Waals surface area contributed by atoms with E-state index in [9.17, 15) is 13.2 Å². The first-order valence-electron chi connectivity index (χ1n) is 2.75. The Morgan fingerprint density at radius 1 is 1.55 bits per heavy atom. The van der Waals surface area contributed by atoms with Crippen molar-refractivity contribution in [1.82, 2.24) is 5.32 Å². The number of nitrogens with zero attached hydrogens (tertiary/aromatic N) is 1. The summed E-state index contributed by atoms with van der Waals surface area (Å²) in [6.07, 6.45) is -4.44. The molecule has 0 saturated heterocycles. The van der Waals surface area contributed by atoms with E-state index in [1.54, 1.807) is 0 Å². The lowest BCUT2D eigenvalue weighted by Gasteiger charge is -2.15. The minimum absolute atomic E-state index is 0.597. The lowest BCUT2D eigenvalue weighted by atomic mass is 10.3. The molecule has 0 spiro atoms. The van der Waals surface area contributed by atoms with Crippen LogP contribution in [0.2, 0.25) is 0 Å². The molecule has 0 radical (unpaired) electrons. The van der Waals surface area contributed by atoms with Gasteiger partial charge >= 0.3 is 6.18 Å². The number of alkyl halides is 3. The van der Waals surface area contributed by atoms with Crippen LogP contribution in [0.3, 0.4) is 0 Å². The third-order valence-corrected chi connectivity index (χ3v) is 1.07. The van der Waals surface area contributed by atoms with Crippen LogP contribution >= 0.6 is 0 Å². The minimum Gasteiger partial charge on any atom is -0.368 e. The molecule has 1 unspecified atom stereocenters. The fourth-order valence-electron chi connectivity index (χ4n) is 0.600. The third-order valence-electron chi connectivity index (χ3n) is 1.07. The maximum Gasteiger partial charge on any atom is 0.431 e. The van der Waals surface area contributed by atoms with Gasteiger partial charge in [0.2, 0.25) is 0 Å². The van der Waals surface area contributed by atoms with E-state index in [-0.39, 0.29) is 0 Å². The predicted molar refractivity (Wildman–Crippen MR) is 31.8 cm³/mol. The van der Waals surface area contributed by atoms with Crippen LogP contribution in [-0.2, 0) is 0 Å².